The molecule has 6 heteroatoms. The number of hydrogen-bond acceptors (Lipinski definition) is 5. The Kier molecular flexibility index (Phi) is 3.76. The zero-order valence-corrected chi connectivity index (χ0v) is 11.0. The molecule has 0 saturated carbocycles. The maximum Gasteiger partial charge on any atom is 0.226 e. The van der Waals surface area contributed by atoms with Crippen LogP contribution in [0, 0.1) is 0 Å². The average molecular weight is 246 g/mol. The first-order chi connectivity index (χ1) is 8.65. The molecule has 0 amide bonds. The molecule has 2 heterocycles. The minimum Gasteiger partial charge on any atom is -0.370 e. The average Bonchev–Trinajstić information content (AvgIpc) is 2.75. The summed E-state index contributed by atoms with van der Waals surface area (Å²) in [6.45, 7) is 0.829. The first-order valence-electron chi connectivity index (χ1n) is 5.87. The third-order valence-corrected chi connectivity index (χ3v) is 2.52. The Bertz CT molecular complexity index is 505. The molecule has 0 aliphatic rings. The van der Waals surface area contributed by atoms with Gasteiger partial charge in [-0.3, -0.25) is 4.68 Å². The minimum atomic E-state index is 0.710. The number of nitrogens with zero attached hydrogens (tertiary/aromatic N) is 5. The summed E-state index contributed by atoms with van der Waals surface area (Å²) in [7, 11) is 5.77. The van der Waals surface area contributed by atoms with Crippen molar-refractivity contribution in [3.05, 3.63) is 30.2 Å². The lowest BCUT2D eigenvalue weighted by Crippen LogP contribution is -2.14. The normalized spacial score (nSPS) is 10.4. The van der Waals surface area contributed by atoms with Crippen LogP contribution in [0.3, 0.4) is 0 Å². The van der Waals surface area contributed by atoms with Crippen LogP contribution in [0.4, 0.5) is 11.8 Å². The Morgan fingerprint density at radius 3 is 2.89 bits per heavy atom. The van der Waals surface area contributed by atoms with E-state index in [0.717, 1.165) is 18.8 Å². The van der Waals surface area contributed by atoms with Crippen molar-refractivity contribution in [3.8, 4) is 0 Å². The summed E-state index contributed by atoms with van der Waals surface area (Å²) in [6.07, 6.45) is 6.59. The maximum atomic E-state index is 4.39. The van der Waals surface area contributed by atoms with Gasteiger partial charge in [0.05, 0.1) is 6.20 Å². The van der Waals surface area contributed by atoms with Gasteiger partial charge in [-0.1, -0.05) is 0 Å². The highest BCUT2D eigenvalue weighted by atomic mass is 15.2. The Labute approximate surface area is 107 Å². The van der Waals surface area contributed by atoms with Gasteiger partial charge in [0.15, 0.2) is 0 Å². The van der Waals surface area contributed by atoms with E-state index in [2.05, 4.69) is 20.4 Å². The molecule has 18 heavy (non-hydrogen) atoms. The molecule has 6 nitrogen and oxygen atoms in total. The second kappa shape index (κ2) is 5.48. The predicted octanol–water partition coefficient (Wildman–Crippen LogP) is 0.931. The van der Waals surface area contributed by atoms with Crippen LogP contribution in [0.2, 0.25) is 0 Å². The van der Waals surface area contributed by atoms with Gasteiger partial charge in [-0.15, -0.1) is 0 Å². The van der Waals surface area contributed by atoms with Gasteiger partial charge in [-0.25, -0.2) is 4.98 Å². The van der Waals surface area contributed by atoms with Crippen molar-refractivity contribution in [2.75, 3.05) is 30.9 Å². The summed E-state index contributed by atoms with van der Waals surface area (Å²) >= 11 is 0. The fourth-order valence-corrected chi connectivity index (χ4v) is 1.60. The van der Waals surface area contributed by atoms with E-state index in [-0.39, 0.29) is 0 Å². The van der Waals surface area contributed by atoms with E-state index in [9.17, 15) is 0 Å². The Morgan fingerprint density at radius 2 is 2.22 bits per heavy atom. The molecule has 0 saturated heterocycles. The lowest BCUT2D eigenvalue weighted by atomic mass is 10.2. The molecule has 2 aromatic rings. The van der Waals surface area contributed by atoms with E-state index in [4.69, 9.17) is 0 Å². The highest BCUT2D eigenvalue weighted by molar-refractivity contribution is 5.40. The third-order valence-electron chi connectivity index (χ3n) is 2.52. The standard InChI is InChI=1S/C12H18N6/c1-17(2)12-14-7-5-11(16-12)13-6-4-10-8-15-18(3)9-10/h5,7-9H,4,6H2,1-3H3,(H,13,14,16). The molecule has 0 spiro atoms. The van der Waals surface area contributed by atoms with Gasteiger partial charge in [0, 0.05) is 40.1 Å². The van der Waals surface area contributed by atoms with Crippen LogP contribution < -0.4 is 10.2 Å². The van der Waals surface area contributed by atoms with Crippen LogP contribution in [0.1, 0.15) is 5.56 Å². The van der Waals surface area contributed by atoms with Crippen LogP contribution in [0.25, 0.3) is 0 Å². The summed E-state index contributed by atoms with van der Waals surface area (Å²) in [6, 6.07) is 1.87. The highest BCUT2D eigenvalue weighted by Gasteiger charge is 2.01. The molecule has 1 N–H and O–H groups in total. The van der Waals surface area contributed by atoms with E-state index in [1.807, 2.05) is 49.2 Å². The van der Waals surface area contributed by atoms with E-state index in [1.165, 1.54) is 5.56 Å². The van der Waals surface area contributed by atoms with Gasteiger partial charge in [0.2, 0.25) is 5.95 Å². The van der Waals surface area contributed by atoms with E-state index >= 15 is 0 Å². The number of hydrogen-bond donors (Lipinski definition) is 1. The van der Waals surface area contributed by atoms with Gasteiger partial charge in [0.1, 0.15) is 5.82 Å². The second-order valence-corrected chi connectivity index (χ2v) is 4.34. The number of aryl methyl sites for hydroxylation is 1. The van der Waals surface area contributed by atoms with Crippen LogP contribution in [-0.2, 0) is 13.5 Å². The number of aromatic nitrogens is 4. The maximum absolute atomic E-state index is 4.39. The van der Waals surface area contributed by atoms with Gasteiger partial charge in [-0.2, -0.15) is 10.1 Å². The van der Waals surface area contributed by atoms with Gasteiger partial charge < -0.3 is 10.2 Å². The lowest BCUT2D eigenvalue weighted by Gasteiger charge is -2.11. The molecule has 0 aliphatic carbocycles. The zero-order chi connectivity index (χ0) is 13.0. The Morgan fingerprint density at radius 1 is 1.39 bits per heavy atom. The number of rotatable bonds is 5. The van der Waals surface area contributed by atoms with Crippen molar-refractivity contribution < 1.29 is 0 Å². The highest BCUT2D eigenvalue weighted by Crippen LogP contribution is 2.08. The first-order valence-corrected chi connectivity index (χ1v) is 5.87. The van der Waals surface area contributed by atoms with Gasteiger partial charge in [0.25, 0.3) is 0 Å². The largest absolute Gasteiger partial charge is 0.370 e. The number of anilines is 2. The minimum absolute atomic E-state index is 0.710. The molecule has 2 aromatic heterocycles. The second-order valence-electron chi connectivity index (χ2n) is 4.34. The van der Waals surface area contributed by atoms with Crippen LogP contribution in [0.5, 0.6) is 0 Å². The zero-order valence-electron chi connectivity index (χ0n) is 11.0. The van der Waals surface area contributed by atoms with Crippen molar-refractivity contribution >= 4 is 11.8 Å². The van der Waals surface area contributed by atoms with E-state index < -0.39 is 0 Å². The summed E-state index contributed by atoms with van der Waals surface area (Å²) in [5, 5.41) is 7.42. The van der Waals surface area contributed by atoms with Crippen molar-refractivity contribution in [1.82, 2.24) is 19.7 Å². The summed E-state index contributed by atoms with van der Waals surface area (Å²) in [5.41, 5.74) is 1.21. The molecule has 0 bridgehead atoms. The Hall–Kier alpha value is -2.11. The molecule has 0 radical (unpaired) electrons. The monoisotopic (exact) mass is 246 g/mol. The molecular formula is C12H18N6. The summed E-state index contributed by atoms with van der Waals surface area (Å²) < 4.78 is 1.81. The van der Waals surface area contributed by atoms with E-state index in [1.54, 1.807) is 6.20 Å². The van der Waals surface area contributed by atoms with Crippen molar-refractivity contribution in [1.29, 1.82) is 0 Å². The van der Waals surface area contributed by atoms with Crippen molar-refractivity contribution in [3.63, 3.8) is 0 Å². The summed E-state index contributed by atoms with van der Waals surface area (Å²) in [5.74, 6) is 1.55. The molecule has 0 atom stereocenters. The number of nitrogens with one attached hydrogen (secondary N) is 1. The quantitative estimate of drug-likeness (QED) is 0.850. The predicted molar refractivity (Wildman–Crippen MR) is 71.8 cm³/mol. The smallest absolute Gasteiger partial charge is 0.226 e. The Balaban J connectivity index is 1.88. The van der Waals surface area contributed by atoms with Crippen LogP contribution >= 0.6 is 0 Å². The van der Waals surface area contributed by atoms with Crippen molar-refractivity contribution in [2.45, 2.75) is 6.42 Å². The van der Waals surface area contributed by atoms with Crippen LogP contribution in [-0.4, -0.2) is 40.4 Å². The lowest BCUT2D eigenvalue weighted by molar-refractivity contribution is 0.767. The SMILES string of the molecule is CN(C)c1nccc(NCCc2cnn(C)c2)n1. The molecule has 0 aliphatic heterocycles. The summed E-state index contributed by atoms with van der Waals surface area (Å²) in [4.78, 5) is 10.4. The van der Waals surface area contributed by atoms with Crippen molar-refractivity contribution in [2.24, 2.45) is 7.05 Å². The molecule has 96 valence electrons. The van der Waals surface area contributed by atoms with Crippen LogP contribution in [0.15, 0.2) is 24.7 Å². The molecular weight excluding hydrogens is 228 g/mol. The fourth-order valence-electron chi connectivity index (χ4n) is 1.60. The molecule has 0 fully saturated rings. The van der Waals surface area contributed by atoms with E-state index in [0.29, 0.717) is 5.95 Å². The fraction of sp³-hybridized carbons (Fsp3) is 0.417. The molecule has 2 rings (SSSR count). The third kappa shape index (κ3) is 3.19. The first kappa shape index (κ1) is 12.3. The van der Waals surface area contributed by atoms with Gasteiger partial charge in [-0.05, 0) is 18.1 Å². The molecule has 0 unspecified atom stereocenters. The topological polar surface area (TPSA) is 58.9 Å². The molecule has 0 aromatic carbocycles. The van der Waals surface area contributed by atoms with Gasteiger partial charge >= 0.3 is 0 Å².